The van der Waals surface area contributed by atoms with Crippen molar-refractivity contribution < 1.29 is 22.7 Å². The number of fused-ring (bicyclic) bond motifs is 1. The maximum atomic E-state index is 12.7. The molecule has 0 N–H and O–H groups in total. The first kappa shape index (κ1) is 15.5. The van der Waals surface area contributed by atoms with Crippen molar-refractivity contribution in [1.82, 2.24) is 4.31 Å². The fourth-order valence-corrected chi connectivity index (χ4v) is 6.39. The van der Waals surface area contributed by atoms with Crippen molar-refractivity contribution in [2.75, 3.05) is 0 Å². The standard InChI is InChI=1S/C13H20ClNO5S/c1-6(14)12(16)20-10-7-5-8-11(19-7)9(10)15(13(2,3)4)21(8,17)18/h6-11H,5H2,1-4H3. The number of hydrogen-bond acceptors (Lipinski definition) is 5. The summed E-state index contributed by atoms with van der Waals surface area (Å²) in [5.74, 6) is -0.535. The molecule has 6 atom stereocenters. The van der Waals surface area contributed by atoms with Crippen LogP contribution in [0.4, 0.5) is 0 Å². The number of rotatable bonds is 2. The van der Waals surface area contributed by atoms with Gasteiger partial charge in [0.15, 0.2) is 0 Å². The Bertz CT molecular complexity index is 570. The molecule has 3 heterocycles. The van der Waals surface area contributed by atoms with Gasteiger partial charge >= 0.3 is 5.97 Å². The number of sulfonamides is 1. The molecule has 3 fully saturated rings. The lowest BCUT2D eigenvalue weighted by molar-refractivity contribution is -0.152. The van der Waals surface area contributed by atoms with Gasteiger partial charge in [0.25, 0.3) is 0 Å². The Hall–Kier alpha value is -0.370. The van der Waals surface area contributed by atoms with Crippen molar-refractivity contribution in [2.45, 2.75) is 74.6 Å². The monoisotopic (exact) mass is 337 g/mol. The summed E-state index contributed by atoms with van der Waals surface area (Å²) in [5.41, 5.74) is -0.587. The largest absolute Gasteiger partial charge is 0.457 e. The molecule has 21 heavy (non-hydrogen) atoms. The van der Waals surface area contributed by atoms with Crippen molar-refractivity contribution in [3.05, 3.63) is 0 Å². The van der Waals surface area contributed by atoms with E-state index < -0.39 is 50.4 Å². The van der Waals surface area contributed by atoms with Gasteiger partial charge in [-0.25, -0.2) is 8.42 Å². The van der Waals surface area contributed by atoms with E-state index in [4.69, 9.17) is 21.1 Å². The van der Waals surface area contributed by atoms with Crippen molar-refractivity contribution in [2.24, 2.45) is 0 Å². The molecule has 3 saturated heterocycles. The molecule has 120 valence electrons. The van der Waals surface area contributed by atoms with Gasteiger partial charge < -0.3 is 9.47 Å². The fourth-order valence-electron chi connectivity index (χ4n) is 3.70. The number of esters is 1. The van der Waals surface area contributed by atoms with Crippen LogP contribution in [0, 0.1) is 0 Å². The maximum absolute atomic E-state index is 12.7. The Morgan fingerprint density at radius 3 is 2.57 bits per heavy atom. The zero-order valence-corrected chi connectivity index (χ0v) is 14.0. The van der Waals surface area contributed by atoms with E-state index in [0.717, 1.165) is 0 Å². The topological polar surface area (TPSA) is 72.9 Å². The Balaban J connectivity index is 1.96. The summed E-state index contributed by atoms with van der Waals surface area (Å²) in [6, 6.07) is -0.446. The lowest BCUT2D eigenvalue weighted by atomic mass is 9.90. The van der Waals surface area contributed by atoms with Crippen LogP contribution in [0.3, 0.4) is 0 Å². The second-order valence-electron chi connectivity index (χ2n) is 6.93. The predicted molar refractivity (Wildman–Crippen MR) is 76.6 cm³/mol. The van der Waals surface area contributed by atoms with E-state index in [9.17, 15) is 13.2 Å². The van der Waals surface area contributed by atoms with E-state index in [2.05, 4.69) is 0 Å². The van der Waals surface area contributed by atoms with Gasteiger partial charge in [-0.05, 0) is 34.1 Å². The van der Waals surface area contributed by atoms with Gasteiger partial charge in [-0.2, -0.15) is 4.31 Å². The zero-order valence-electron chi connectivity index (χ0n) is 12.4. The normalized spacial score (nSPS) is 42.2. The number of carbonyl (C=O) groups is 1. The molecule has 3 aliphatic rings. The minimum absolute atomic E-state index is 0.355. The molecule has 0 amide bonds. The Labute approximate surface area is 129 Å². The van der Waals surface area contributed by atoms with E-state index in [1.807, 2.05) is 20.8 Å². The van der Waals surface area contributed by atoms with Crippen LogP contribution in [-0.2, 0) is 24.3 Å². The van der Waals surface area contributed by atoms with Crippen LogP contribution in [-0.4, -0.2) is 59.2 Å². The predicted octanol–water partition coefficient (Wildman–Crippen LogP) is 0.878. The van der Waals surface area contributed by atoms with Gasteiger partial charge in [0, 0.05) is 5.54 Å². The van der Waals surface area contributed by atoms with Crippen LogP contribution >= 0.6 is 11.6 Å². The molecule has 0 radical (unpaired) electrons. The number of hydrogen-bond donors (Lipinski definition) is 0. The minimum Gasteiger partial charge on any atom is -0.457 e. The van der Waals surface area contributed by atoms with Crippen LogP contribution in [0.15, 0.2) is 0 Å². The molecule has 0 spiro atoms. The lowest BCUT2D eigenvalue weighted by Crippen LogP contribution is -2.53. The van der Waals surface area contributed by atoms with Gasteiger partial charge in [0.05, 0.1) is 18.2 Å². The number of alkyl halides is 1. The number of carbonyl (C=O) groups excluding carboxylic acids is 1. The van der Waals surface area contributed by atoms with Gasteiger partial charge in [-0.3, -0.25) is 4.79 Å². The molecular formula is C13H20ClNO5S. The molecule has 0 saturated carbocycles. The first-order valence-electron chi connectivity index (χ1n) is 7.08. The molecule has 8 heteroatoms. The van der Waals surface area contributed by atoms with Gasteiger partial charge in [0.1, 0.15) is 16.7 Å². The molecule has 0 aromatic rings. The molecule has 3 aliphatic heterocycles. The molecule has 3 rings (SSSR count). The summed E-state index contributed by atoms with van der Waals surface area (Å²) in [6.07, 6.45) is -0.962. The van der Waals surface area contributed by atoms with E-state index in [0.29, 0.717) is 6.42 Å². The van der Waals surface area contributed by atoms with E-state index in [-0.39, 0.29) is 6.10 Å². The second kappa shape index (κ2) is 4.57. The molecule has 0 aliphatic carbocycles. The lowest BCUT2D eigenvalue weighted by Gasteiger charge is -2.36. The summed E-state index contributed by atoms with van der Waals surface area (Å²) in [5, 5.41) is -1.28. The van der Waals surface area contributed by atoms with Crippen LogP contribution in [0.2, 0.25) is 0 Å². The average molecular weight is 338 g/mol. The van der Waals surface area contributed by atoms with Crippen LogP contribution < -0.4 is 0 Å². The summed E-state index contributed by atoms with van der Waals surface area (Å²) >= 11 is 5.75. The molecule has 0 aromatic carbocycles. The molecule has 6 unspecified atom stereocenters. The van der Waals surface area contributed by atoms with Gasteiger partial charge in [-0.15, -0.1) is 11.6 Å². The zero-order chi connectivity index (χ0) is 15.7. The van der Waals surface area contributed by atoms with Crippen molar-refractivity contribution in [3.8, 4) is 0 Å². The molecule has 2 bridgehead atoms. The Morgan fingerprint density at radius 1 is 1.43 bits per heavy atom. The SMILES string of the molecule is CC(Cl)C(=O)OC1C2CC3C(O2)C1N(C(C)(C)C)S3(=O)=O. The molecule has 0 aromatic heterocycles. The van der Waals surface area contributed by atoms with Crippen LogP contribution in [0.5, 0.6) is 0 Å². The fraction of sp³-hybridized carbons (Fsp3) is 0.923. The van der Waals surface area contributed by atoms with Gasteiger partial charge in [0.2, 0.25) is 10.0 Å². The van der Waals surface area contributed by atoms with E-state index >= 15 is 0 Å². The molecular weight excluding hydrogens is 318 g/mol. The summed E-state index contributed by atoms with van der Waals surface area (Å²) < 4.78 is 38.1. The third kappa shape index (κ3) is 2.12. The number of ether oxygens (including phenoxy) is 2. The van der Waals surface area contributed by atoms with Crippen LogP contribution in [0.1, 0.15) is 34.1 Å². The highest BCUT2D eigenvalue weighted by Gasteiger charge is 2.70. The van der Waals surface area contributed by atoms with Crippen molar-refractivity contribution >= 4 is 27.6 Å². The van der Waals surface area contributed by atoms with E-state index in [1.165, 1.54) is 11.2 Å². The summed E-state index contributed by atoms with van der Waals surface area (Å²) in [4.78, 5) is 11.8. The second-order valence-corrected chi connectivity index (χ2v) is 9.62. The smallest absolute Gasteiger partial charge is 0.324 e. The first-order chi connectivity index (χ1) is 9.55. The Kier molecular flexibility index (Phi) is 3.37. The van der Waals surface area contributed by atoms with E-state index in [1.54, 1.807) is 0 Å². The van der Waals surface area contributed by atoms with Crippen molar-refractivity contribution in [1.29, 1.82) is 0 Å². The third-order valence-electron chi connectivity index (χ3n) is 4.37. The quantitative estimate of drug-likeness (QED) is 0.552. The highest BCUT2D eigenvalue weighted by Crippen LogP contribution is 2.51. The summed E-state index contributed by atoms with van der Waals surface area (Å²) in [7, 11) is -3.43. The first-order valence-corrected chi connectivity index (χ1v) is 9.02. The average Bonchev–Trinajstić information content (AvgIpc) is 2.90. The minimum atomic E-state index is -3.43. The van der Waals surface area contributed by atoms with Crippen LogP contribution in [0.25, 0.3) is 0 Å². The third-order valence-corrected chi connectivity index (χ3v) is 7.11. The highest BCUT2D eigenvalue weighted by atomic mass is 35.5. The highest BCUT2D eigenvalue weighted by molar-refractivity contribution is 7.90. The number of nitrogens with zero attached hydrogens (tertiary/aromatic N) is 1. The van der Waals surface area contributed by atoms with Gasteiger partial charge in [-0.1, -0.05) is 0 Å². The number of halogens is 1. The van der Waals surface area contributed by atoms with Crippen molar-refractivity contribution in [3.63, 3.8) is 0 Å². The maximum Gasteiger partial charge on any atom is 0.324 e. The Morgan fingerprint density at radius 2 is 2.05 bits per heavy atom. The molecule has 6 nitrogen and oxygen atoms in total. The summed E-state index contributed by atoms with van der Waals surface area (Å²) in [6.45, 7) is 7.05.